The summed E-state index contributed by atoms with van der Waals surface area (Å²) >= 11 is 0. The first-order valence-electron chi connectivity index (χ1n) is 6.81. The second-order valence-corrected chi connectivity index (χ2v) is 6.31. The van der Waals surface area contributed by atoms with Gasteiger partial charge >= 0.3 is 12.2 Å². The summed E-state index contributed by atoms with van der Waals surface area (Å²) in [6.07, 6.45) is -0.166. The number of hydrogen-bond acceptors (Lipinski definition) is 5. The number of aliphatic hydroxyl groups excluding tert-OH is 1. The Balaban J connectivity index is 2.04. The van der Waals surface area contributed by atoms with Gasteiger partial charge in [0.1, 0.15) is 12.2 Å². The topological polar surface area (TPSA) is 79.3 Å². The van der Waals surface area contributed by atoms with Gasteiger partial charge in [0.15, 0.2) is 0 Å². The van der Waals surface area contributed by atoms with Crippen LogP contribution in [-0.4, -0.2) is 71.1 Å². The lowest BCUT2D eigenvalue weighted by molar-refractivity contribution is 0.0263. The van der Waals surface area contributed by atoms with Crippen LogP contribution in [0.5, 0.6) is 0 Å². The molecule has 2 aliphatic rings. The monoisotopic (exact) mass is 286 g/mol. The Morgan fingerprint density at radius 2 is 2.20 bits per heavy atom. The van der Waals surface area contributed by atoms with Crippen molar-refractivity contribution in [1.82, 2.24) is 9.80 Å². The van der Waals surface area contributed by atoms with Crippen LogP contribution in [0.15, 0.2) is 0 Å². The zero-order valence-corrected chi connectivity index (χ0v) is 12.2. The summed E-state index contributed by atoms with van der Waals surface area (Å²) < 4.78 is 10.4. The average Bonchev–Trinajstić information content (AvgIpc) is 2.88. The molecule has 1 N–H and O–H groups in total. The van der Waals surface area contributed by atoms with Gasteiger partial charge in [0, 0.05) is 13.1 Å². The summed E-state index contributed by atoms with van der Waals surface area (Å²) in [5.74, 6) is 0. The van der Waals surface area contributed by atoms with E-state index in [4.69, 9.17) is 14.6 Å². The number of β-amino-alcohol motifs (C(OH)–C–C–N with tert-alkyl or cyclic N) is 1. The highest BCUT2D eigenvalue weighted by atomic mass is 16.6. The number of carbonyl (C=O) groups excluding carboxylic acids is 2. The maximum Gasteiger partial charge on any atom is 0.410 e. The Labute approximate surface area is 118 Å². The van der Waals surface area contributed by atoms with Gasteiger partial charge in [-0.05, 0) is 27.2 Å². The molecule has 114 valence electrons. The van der Waals surface area contributed by atoms with Crippen molar-refractivity contribution in [2.45, 2.75) is 38.3 Å². The average molecular weight is 286 g/mol. The first-order valence-corrected chi connectivity index (χ1v) is 6.81. The molecule has 1 unspecified atom stereocenters. The maximum atomic E-state index is 12.1. The van der Waals surface area contributed by atoms with Crippen LogP contribution in [-0.2, 0) is 9.47 Å². The predicted molar refractivity (Wildman–Crippen MR) is 70.3 cm³/mol. The van der Waals surface area contributed by atoms with Gasteiger partial charge in [0.05, 0.1) is 18.7 Å². The highest BCUT2D eigenvalue weighted by Crippen LogP contribution is 2.34. The van der Waals surface area contributed by atoms with E-state index < -0.39 is 17.2 Å². The van der Waals surface area contributed by atoms with Crippen LogP contribution in [0, 0.1) is 0 Å². The Bertz CT molecular complexity index is 406. The van der Waals surface area contributed by atoms with Gasteiger partial charge in [-0.3, -0.25) is 4.90 Å². The van der Waals surface area contributed by atoms with E-state index in [9.17, 15) is 9.59 Å². The smallest absolute Gasteiger partial charge is 0.410 e. The van der Waals surface area contributed by atoms with E-state index in [2.05, 4.69) is 0 Å². The fourth-order valence-corrected chi connectivity index (χ4v) is 2.65. The van der Waals surface area contributed by atoms with E-state index in [1.165, 1.54) is 4.90 Å². The lowest BCUT2D eigenvalue weighted by Gasteiger charge is -2.31. The summed E-state index contributed by atoms with van der Waals surface area (Å²) in [5, 5.41) is 9.06. The molecule has 2 amide bonds. The molecule has 2 rings (SSSR count). The number of amides is 2. The Hall–Kier alpha value is -1.50. The molecule has 0 aromatic rings. The van der Waals surface area contributed by atoms with E-state index >= 15 is 0 Å². The summed E-state index contributed by atoms with van der Waals surface area (Å²) in [6.45, 7) is 6.71. The van der Waals surface area contributed by atoms with Crippen molar-refractivity contribution >= 4 is 12.2 Å². The molecule has 0 saturated carbocycles. The fourth-order valence-electron chi connectivity index (χ4n) is 2.65. The highest BCUT2D eigenvalue weighted by Gasteiger charge is 2.52. The van der Waals surface area contributed by atoms with Crippen LogP contribution in [0.4, 0.5) is 9.59 Å². The van der Waals surface area contributed by atoms with E-state index in [0.717, 1.165) is 0 Å². The van der Waals surface area contributed by atoms with Crippen LogP contribution in [0.25, 0.3) is 0 Å². The molecule has 1 spiro atoms. The third kappa shape index (κ3) is 2.82. The Morgan fingerprint density at radius 3 is 2.80 bits per heavy atom. The summed E-state index contributed by atoms with van der Waals surface area (Å²) in [4.78, 5) is 26.9. The van der Waals surface area contributed by atoms with E-state index in [-0.39, 0.29) is 25.9 Å². The fraction of sp³-hybridized carbons (Fsp3) is 0.846. The Morgan fingerprint density at radius 1 is 1.50 bits per heavy atom. The summed E-state index contributed by atoms with van der Waals surface area (Å²) in [6, 6.07) is 0. The minimum Gasteiger partial charge on any atom is -0.447 e. The van der Waals surface area contributed by atoms with Crippen molar-refractivity contribution in [3.8, 4) is 0 Å². The molecular weight excluding hydrogens is 264 g/mol. The number of rotatable bonds is 2. The molecule has 2 fully saturated rings. The quantitative estimate of drug-likeness (QED) is 0.812. The van der Waals surface area contributed by atoms with Gasteiger partial charge in [-0.1, -0.05) is 0 Å². The van der Waals surface area contributed by atoms with Crippen molar-refractivity contribution in [2.24, 2.45) is 0 Å². The second kappa shape index (κ2) is 5.12. The number of ether oxygens (including phenoxy) is 2. The molecule has 2 heterocycles. The molecule has 1 atom stereocenters. The van der Waals surface area contributed by atoms with Gasteiger partial charge < -0.3 is 19.5 Å². The molecule has 7 nitrogen and oxygen atoms in total. The van der Waals surface area contributed by atoms with Crippen LogP contribution in [0.1, 0.15) is 27.2 Å². The van der Waals surface area contributed by atoms with Crippen molar-refractivity contribution < 1.29 is 24.2 Å². The van der Waals surface area contributed by atoms with Crippen molar-refractivity contribution in [2.75, 3.05) is 32.8 Å². The largest absolute Gasteiger partial charge is 0.447 e. The SMILES string of the molecule is CC(C)(C)OC(=O)N1CCC2(COC(=O)N2CCO)C1. The lowest BCUT2D eigenvalue weighted by atomic mass is 9.99. The molecule has 0 aromatic carbocycles. The van der Waals surface area contributed by atoms with Gasteiger partial charge in [-0.25, -0.2) is 9.59 Å². The number of aliphatic hydroxyl groups is 1. The standard InChI is InChI=1S/C13H22N2O5/c1-12(2,3)20-10(17)14-5-4-13(8-14)9-19-11(18)15(13)6-7-16/h16H,4-9H2,1-3H3. The molecule has 0 bridgehead atoms. The molecule has 20 heavy (non-hydrogen) atoms. The van der Waals surface area contributed by atoms with E-state index in [1.54, 1.807) is 4.90 Å². The number of nitrogens with zero attached hydrogens (tertiary/aromatic N) is 2. The maximum absolute atomic E-state index is 12.1. The summed E-state index contributed by atoms with van der Waals surface area (Å²) in [7, 11) is 0. The third-order valence-electron chi connectivity index (χ3n) is 3.56. The van der Waals surface area contributed by atoms with Crippen LogP contribution in [0.3, 0.4) is 0 Å². The Kier molecular flexibility index (Phi) is 3.82. The highest BCUT2D eigenvalue weighted by molar-refractivity contribution is 5.73. The first-order chi connectivity index (χ1) is 9.27. The van der Waals surface area contributed by atoms with E-state index in [0.29, 0.717) is 19.5 Å². The van der Waals surface area contributed by atoms with Gasteiger partial charge in [-0.15, -0.1) is 0 Å². The van der Waals surface area contributed by atoms with Gasteiger partial charge in [0.25, 0.3) is 0 Å². The van der Waals surface area contributed by atoms with E-state index in [1.807, 2.05) is 20.8 Å². The molecule has 7 heteroatoms. The molecular formula is C13H22N2O5. The number of cyclic esters (lactones) is 1. The molecule has 0 aromatic heterocycles. The number of carbonyl (C=O) groups is 2. The minimum absolute atomic E-state index is 0.122. The number of likely N-dealkylation sites (tertiary alicyclic amines) is 1. The van der Waals surface area contributed by atoms with Crippen LogP contribution in [0.2, 0.25) is 0 Å². The van der Waals surface area contributed by atoms with Crippen molar-refractivity contribution in [3.05, 3.63) is 0 Å². The van der Waals surface area contributed by atoms with Crippen LogP contribution >= 0.6 is 0 Å². The van der Waals surface area contributed by atoms with Gasteiger partial charge in [-0.2, -0.15) is 0 Å². The van der Waals surface area contributed by atoms with Gasteiger partial charge in [0.2, 0.25) is 0 Å². The molecule has 2 saturated heterocycles. The molecule has 0 aliphatic carbocycles. The normalized spacial score (nSPS) is 26.3. The third-order valence-corrected chi connectivity index (χ3v) is 3.56. The van der Waals surface area contributed by atoms with Crippen molar-refractivity contribution in [1.29, 1.82) is 0 Å². The number of hydrogen-bond donors (Lipinski definition) is 1. The summed E-state index contributed by atoms with van der Waals surface area (Å²) in [5.41, 5.74) is -1.06. The second-order valence-electron chi connectivity index (χ2n) is 6.31. The predicted octanol–water partition coefficient (Wildman–Crippen LogP) is 0.810. The zero-order chi connectivity index (χ0) is 15.0. The molecule has 0 radical (unpaired) electrons. The lowest BCUT2D eigenvalue weighted by Crippen LogP contribution is -2.51. The first kappa shape index (κ1) is 14.9. The molecule has 2 aliphatic heterocycles. The zero-order valence-electron chi connectivity index (χ0n) is 12.2. The van der Waals surface area contributed by atoms with Crippen molar-refractivity contribution in [3.63, 3.8) is 0 Å². The van der Waals surface area contributed by atoms with Crippen LogP contribution < -0.4 is 0 Å². The minimum atomic E-state index is -0.542.